The van der Waals surface area contributed by atoms with Gasteiger partial charge in [-0.3, -0.25) is 9.20 Å². The molecule has 0 aliphatic rings. The van der Waals surface area contributed by atoms with E-state index in [0.717, 1.165) is 15.6 Å². The van der Waals surface area contributed by atoms with Crippen LogP contribution in [-0.4, -0.2) is 15.4 Å². The van der Waals surface area contributed by atoms with Crippen LogP contribution in [0.3, 0.4) is 0 Å². The number of fused-ring (bicyclic) bond motifs is 1. The molecule has 0 N–H and O–H groups in total. The Morgan fingerprint density at radius 1 is 1.03 bits per heavy atom. The van der Waals surface area contributed by atoms with Crippen LogP contribution in [0.1, 0.15) is 27.2 Å². The third kappa shape index (κ3) is 5.00. The predicted molar refractivity (Wildman–Crippen MR) is 120 cm³/mol. The van der Waals surface area contributed by atoms with Crippen molar-refractivity contribution in [3.05, 3.63) is 110 Å². The second kappa shape index (κ2) is 9.14. The number of halogens is 1. The van der Waals surface area contributed by atoms with Gasteiger partial charge in [-0.15, -0.1) is 0 Å². The lowest BCUT2D eigenvalue weighted by Crippen LogP contribution is -2.17. The molecule has 156 valence electrons. The fourth-order valence-corrected chi connectivity index (χ4v) is 3.54. The normalized spacial score (nSPS) is 10.8. The highest BCUT2D eigenvalue weighted by atomic mass is 79.9. The highest BCUT2D eigenvalue weighted by Crippen LogP contribution is 2.21. The highest BCUT2D eigenvalue weighted by molar-refractivity contribution is 9.10. The second-order valence-electron chi connectivity index (χ2n) is 7.01. The van der Waals surface area contributed by atoms with Gasteiger partial charge in [0, 0.05) is 16.7 Å². The van der Waals surface area contributed by atoms with E-state index in [1.807, 2.05) is 37.3 Å². The van der Waals surface area contributed by atoms with E-state index >= 15 is 0 Å². The summed E-state index contributed by atoms with van der Waals surface area (Å²) in [4.78, 5) is 29.4. The van der Waals surface area contributed by atoms with Crippen LogP contribution in [0.15, 0.2) is 82.2 Å². The van der Waals surface area contributed by atoms with E-state index in [1.54, 1.807) is 36.5 Å². The van der Waals surface area contributed by atoms with Crippen molar-refractivity contribution < 1.29 is 14.3 Å². The molecule has 0 aliphatic carbocycles. The third-order valence-corrected chi connectivity index (χ3v) is 5.11. The number of hydrogen-bond donors (Lipinski definition) is 0. The van der Waals surface area contributed by atoms with Gasteiger partial charge in [-0.2, -0.15) is 0 Å². The quantitative estimate of drug-likeness (QED) is 0.375. The van der Waals surface area contributed by atoms with E-state index in [-0.39, 0.29) is 12.2 Å². The van der Waals surface area contributed by atoms with Crippen LogP contribution in [-0.2, 0) is 18.0 Å². The summed E-state index contributed by atoms with van der Waals surface area (Å²) in [5.74, 6) is -0.120. The molecule has 2 heterocycles. The molecule has 7 heteroatoms. The summed E-state index contributed by atoms with van der Waals surface area (Å²) >= 11 is 3.43. The van der Waals surface area contributed by atoms with Crippen molar-refractivity contribution >= 4 is 27.5 Å². The van der Waals surface area contributed by atoms with Crippen LogP contribution < -0.4 is 10.3 Å². The van der Waals surface area contributed by atoms with Crippen molar-refractivity contribution in [1.29, 1.82) is 0 Å². The summed E-state index contributed by atoms with van der Waals surface area (Å²) in [7, 11) is 0. The van der Waals surface area contributed by atoms with Crippen LogP contribution >= 0.6 is 15.9 Å². The average Bonchev–Trinajstić information content (AvgIpc) is 2.76. The Bertz CT molecular complexity index is 1320. The van der Waals surface area contributed by atoms with Gasteiger partial charge < -0.3 is 9.47 Å². The molecule has 4 rings (SSSR count). The Balaban J connectivity index is 1.48. The molecule has 0 aliphatic heterocycles. The third-order valence-electron chi connectivity index (χ3n) is 4.62. The lowest BCUT2D eigenvalue weighted by molar-refractivity contribution is 0.0462. The van der Waals surface area contributed by atoms with Crippen molar-refractivity contribution in [1.82, 2.24) is 9.38 Å². The van der Waals surface area contributed by atoms with Crippen molar-refractivity contribution in [3.63, 3.8) is 0 Å². The lowest BCUT2D eigenvalue weighted by Gasteiger charge is -2.12. The number of rotatable bonds is 6. The largest absolute Gasteiger partial charge is 0.488 e. The maximum Gasteiger partial charge on any atom is 0.342 e. The Kier molecular flexibility index (Phi) is 6.13. The maximum absolute atomic E-state index is 12.7. The van der Waals surface area contributed by atoms with Crippen molar-refractivity contribution in [2.45, 2.75) is 20.1 Å². The van der Waals surface area contributed by atoms with Gasteiger partial charge in [-0.25, -0.2) is 9.78 Å². The van der Waals surface area contributed by atoms with Crippen molar-refractivity contribution in [2.24, 2.45) is 0 Å². The van der Waals surface area contributed by atoms with Gasteiger partial charge in [-0.1, -0.05) is 40.2 Å². The molecule has 6 nitrogen and oxygen atoms in total. The lowest BCUT2D eigenvalue weighted by atomic mass is 10.2. The smallest absolute Gasteiger partial charge is 0.342 e. The molecule has 0 spiro atoms. The number of ether oxygens (including phenoxy) is 2. The fraction of sp³-hybridized carbons (Fsp3) is 0.125. The maximum atomic E-state index is 12.7. The Hall–Kier alpha value is -3.45. The predicted octanol–water partition coefficient (Wildman–Crippen LogP) is 4.70. The minimum Gasteiger partial charge on any atom is -0.488 e. The first-order valence-corrected chi connectivity index (χ1v) is 10.4. The van der Waals surface area contributed by atoms with Gasteiger partial charge in [0.2, 0.25) is 0 Å². The highest BCUT2D eigenvalue weighted by Gasteiger charge is 2.15. The van der Waals surface area contributed by atoms with E-state index < -0.39 is 5.97 Å². The Labute approximate surface area is 187 Å². The molecule has 31 heavy (non-hydrogen) atoms. The number of para-hydroxylation sites is 1. The van der Waals surface area contributed by atoms with Gasteiger partial charge >= 0.3 is 5.97 Å². The molecule has 0 atom stereocenters. The summed E-state index contributed by atoms with van der Waals surface area (Å²) < 4.78 is 13.7. The number of nitrogens with zero attached hydrogens (tertiary/aromatic N) is 2. The van der Waals surface area contributed by atoms with Crippen LogP contribution in [0.5, 0.6) is 5.75 Å². The Morgan fingerprint density at radius 2 is 1.87 bits per heavy atom. The second-order valence-corrected chi connectivity index (χ2v) is 7.92. The number of aryl methyl sites for hydroxylation is 1. The zero-order chi connectivity index (χ0) is 21.8. The standard InChI is InChI=1S/C24H19BrN2O4/c1-16-9-10-27-22(11-16)26-19(13-23(27)28)15-31-24(29)20-7-2-3-8-21(20)30-14-17-5-4-6-18(25)12-17/h2-13H,14-15H2,1H3. The number of benzene rings is 2. The first-order chi connectivity index (χ1) is 15.0. The van der Waals surface area contributed by atoms with Crippen molar-refractivity contribution in [3.8, 4) is 5.75 Å². The van der Waals surface area contributed by atoms with E-state index in [2.05, 4.69) is 20.9 Å². The summed E-state index contributed by atoms with van der Waals surface area (Å²) in [5.41, 5.74) is 2.93. The molecular weight excluding hydrogens is 460 g/mol. The van der Waals surface area contributed by atoms with Gasteiger partial charge in [-0.05, 0) is 54.4 Å². The van der Waals surface area contributed by atoms with Crippen LogP contribution in [0.4, 0.5) is 0 Å². The molecular formula is C24H19BrN2O4. The van der Waals surface area contributed by atoms with Crippen LogP contribution in [0.2, 0.25) is 0 Å². The minimum atomic E-state index is -0.545. The number of aromatic nitrogens is 2. The fourth-order valence-electron chi connectivity index (χ4n) is 3.09. The number of hydrogen-bond acceptors (Lipinski definition) is 5. The molecule has 2 aromatic heterocycles. The zero-order valence-electron chi connectivity index (χ0n) is 16.7. The van der Waals surface area contributed by atoms with Crippen LogP contribution in [0, 0.1) is 6.92 Å². The summed E-state index contributed by atoms with van der Waals surface area (Å²) in [6, 6.07) is 19.6. The Morgan fingerprint density at radius 3 is 2.71 bits per heavy atom. The van der Waals surface area contributed by atoms with Crippen molar-refractivity contribution in [2.75, 3.05) is 0 Å². The molecule has 0 saturated carbocycles. The molecule has 0 saturated heterocycles. The van der Waals surface area contributed by atoms with Crippen LogP contribution in [0.25, 0.3) is 5.65 Å². The monoisotopic (exact) mass is 478 g/mol. The SMILES string of the molecule is Cc1ccn2c(=O)cc(COC(=O)c3ccccc3OCc3cccc(Br)c3)nc2c1. The van der Waals surface area contributed by atoms with E-state index in [0.29, 0.717) is 29.3 Å². The molecule has 4 aromatic rings. The first kappa shape index (κ1) is 20.8. The van der Waals surface area contributed by atoms with E-state index in [9.17, 15) is 9.59 Å². The van der Waals surface area contributed by atoms with E-state index in [4.69, 9.17) is 9.47 Å². The number of carbonyl (C=O) groups excluding carboxylic acids is 1. The van der Waals surface area contributed by atoms with Gasteiger partial charge in [0.05, 0.1) is 5.69 Å². The van der Waals surface area contributed by atoms with Gasteiger partial charge in [0.15, 0.2) is 0 Å². The molecule has 2 aromatic carbocycles. The molecule has 0 amide bonds. The summed E-state index contributed by atoms with van der Waals surface area (Å²) in [6.07, 6.45) is 1.68. The zero-order valence-corrected chi connectivity index (χ0v) is 18.3. The number of pyridine rings is 1. The topological polar surface area (TPSA) is 69.9 Å². The van der Waals surface area contributed by atoms with E-state index in [1.165, 1.54) is 10.5 Å². The first-order valence-electron chi connectivity index (χ1n) is 9.62. The molecule has 0 radical (unpaired) electrons. The van der Waals surface area contributed by atoms with Gasteiger partial charge in [0.1, 0.15) is 30.2 Å². The number of carbonyl (C=O) groups is 1. The summed E-state index contributed by atoms with van der Waals surface area (Å²) in [6.45, 7) is 2.12. The average molecular weight is 479 g/mol. The number of esters is 1. The molecule has 0 fully saturated rings. The minimum absolute atomic E-state index is 0.113. The molecule has 0 unspecified atom stereocenters. The summed E-state index contributed by atoms with van der Waals surface area (Å²) in [5, 5.41) is 0. The van der Waals surface area contributed by atoms with Gasteiger partial charge in [0.25, 0.3) is 5.56 Å². The molecule has 0 bridgehead atoms.